The third kappa shape index (κ3) is 60.6. The number of hydrogen-bond acceptors (Lipinski definition) is 6. The summed E-state index contributed by atoms with van der Waals surface area (Å²) >= 11 is 0. The van der Waals surface area contributed by atoms with Gasteiger partial charge in [0.15, 0.2) is 6.10 Å². The molecule has 0 saturated carbocycles. The van der Waals surface area contributed by atoms with Crippen molar-refractivity contribution in [2.45, 2.75) is 374 Å². The largest absolute Gasteiger partial charge is 0.462 e. The quantitative estimate of drug-likeness (QED) is 0.0261. The maximum Gasteiger partial charge on any atom is 0.306 e. The van der Waals surface area contributed by atoms with E-state index in [-0.39, 0.29) is 31.1 Å². The van der Waals surface area contributed by atoms with Gasteiger partial charge in [-0.2, -0.15) is 0 Å². The van der Waals surface area contributed by atoms with Crippen LogP contribution in [0, 0.1) is 0 Å². The van der Waals surface area contributed by atoms with E-state index in [1.165, 1.54) is 263 Å². The fraction of sp³-hybridized carbons (Fsp3) is 0.896. The number of allylic oxidation sites excluding steroid dienone is 4. The maximum absolute atomic E-state index is 12.9. The highest BCUT2D eigenvalue weighted by Gasteiger charge is 2.19. The van der Waals surface area contributed by atoms with Crippen LogP contribution in [0.1, 0.15) is 367 Å². The number of esters is 3. The van der Waals surface area contributed by atoms with Gasteiger partial charge in [-0.15, -0.1) is 0 Å². The molecule has 0 aliphatic rings. The first kappa shape index (κ1) is 70.9. The summed E-state index contributed by atoms with van der Waals surface area (Å²) in [6, 6.07) is 0. The second-order valence-electron chi connectivity index (χ2n) is 22.4. The molecule has 0 radical (unpaired) electrons. The van der Waals surface area contributed by atoms with Gasteiger partial charge in [-0.05, 0) is 70.6 Å². The predicted octanol–water partition coefficient (Wildman–Crippen LogP) is 22.2. The van der Waals surface area contributed by atoms with E-state index >= 15 is 0 Å². The lowest BCUT2D eigenvalue weighted by Crippen LogP contribution is -2.30. The standard InChI is InChI=1S/C67H126O6/c1-4-7-10-13-16-19-22-25-28-31-33-34-35-37-39-42-45-48-51-54-57-60-66(69)72-63-64(62-71-65(68)59-56-53-50-47-44-41-38-30-27-24-21-18-15-12-9-6-3)73-67(70)61-58-55-52-49-46-43-40-36-32-29-26-23-20-17-14-11-8-5-2/h29-30,32,38,64H,4-28,31,33-37,39-63H2,1-3H3/b32-29-,38-30-. The second kappa shape index (κ2) is 62.4. The third-order valence-corrected chi connectivity index (χ3v) is 14.9. The van der Waals surface area contributed by atoms with Crippen LogP contribution in [0.25, 0.3) is 0 Å². The zero-order valence-corrected chi connectivity index (χ0v) is 49.4. The van der Waals surface area contributed by atoms with Gasteiger partial charge < -0.3 is 14.2 Å². The minimum absolute atomic E-state index is 0.0705. The van der Waals surface area contributed by atoms with Crippen molar-refractivity contribution in [3.8, 4) is 0 Å². The first-order valence-electron chi connectivity index (χ1n) is 32.8. The third-order valence-electron chi connectivity index (χ3n) is 14.9. The van der Waals surface area contributed by atoms with Crippen molar-refractivity contribution < 1.29 is 28.6 Å². The summed E-state index contributed by atoms with van der Waals surface area (Å²) in [6.07, 6.45) is 74.7. The molecule has 0 aliphatic carbocycles. The Morgan fingerprint density at radius 1 is 0.260 bits per heavy atom. The molecule has 6 heteroatoms. The Hall–Kier alpha value is -2.11. The second-order valence-corrected chi connectivity index (χ2v) is 22.4. The van der Waals surface area contributed by atoms with Crippen LogP contribution in [0.2, 0.25) is 0 Å². The Morgan fingerprint density at radius 2 is 0.452 bits per heavy atom. The summed E-state index contributed by atoms with van der Waals surface area (Å²) in [5, 5.41) is 0. The molecule has 0 fully saturated rings. The molecule has 73 heavy (non-hydrogen) atoms. The van der Waals surface area contributed by atoms with Gasteiger partial charge in [0.25, 0.3) is 0 Å². The minimum atomic E-state index is -0.774. The van der Waals surface area contributed by atoms with Crippen molar-refractivity contribution in [3.05, 3.63) is 24.3 Å². The summed E-state index contributed by atoms with van der Waals surface area (Å²) in [4.78, 5) is 38.3. The molecule has 0 spiro atoms. The Morgan fingerprint density at radius 3 is 0.685 bits per heavy atom. The van der Waals surface area contributed by atoms with Crippen molar-refractivity contribution >= 4 is 17.9 Å². The van der Waals surface area contributed by atoms with Crippen molar-refractivity contribution in [3.63, 3.8) is 0 Å². The molecule has 0 bridgehead atoms. The SMILES string of the molecule is CCCCCCCCC/C=C\CCCCCCCCCC(=O)OC(COC(=O)CCCCCCC/C=C\CCCCCCCCC)COC(=O)CCCCCCCCCCCCCCCCCCCCCCC. The van der Waals surface area contributed by atoms with Crippen LogP contribution in [0.4, 0.5) is 0 Å². The molecular weight excluding hydrogens is 901 g/mol. The summed E-state index contributed by atoms with van der Waals surface area (Å²) in [7, 11) is 0. The van der Waals surface area contributed by atoms with E-state index in [1.54, 1.807) is 0 Å². The van der Waals surface area contributed by atoms with Gasteiger partial charge in [0.1, 0.15) is 13.2 Å². The van der Waals surface area contributed by atoms with Crippen LogP contribution < -0.4 is 0 Å². The summed E-state index contributed by atoms with van der Waals surface area (Å²) in [5.41, 5.74) is 0. The first-order chi connectivity index (χ1) is 36.0. The zero-order chi connectivity index (χ0) is 52.9. The molecule has 0 aromatic carbocycles. The van der Waals surface area contributed by atoms with Crippen LogP contribution in [0.15, 0.2) is 24.3 Å². The lowest BCUT2D eigenvalue weighted by atomic mass is 10.0. The van der Waals surface area contributed by atoms with Gasteiger partial charge in [0.05, 0.1) is 0 Å². The van der Waals surface area contributed by atoms with E-state index < -0.39 is 6.10 Å². The molecule has 430 valence electrons. The summed E-state index contributed by atoms with van der Waals surface area (Å²) in [6.45, 7) is 6.70. The van der Waals surface area contributed by atoms with Gasteiger partial charge >= 0.3 is 17.9 Å². The molecule has 0 N–H and O–H groups in total. The number of ether oxygens (including phenoxy) is 3. The highest BCUT2D eigenvalue weighted by atomic mass is 16.6. The maximum atomic E-state index is 12.9. The first-order valence-corrected chi connectivity index (χ1v) is 32.8. The minimum Gasteiger partial charge on any atom is -0.462 e. The molecular formula is C67H126O6. The fourth-order valence-corrected chi connectivity index (χ4v) is 9.97. The van der Waals surface area contributed by atoms with E-state index in [1.807, 2.05) is 0 Å². The average molecular weight is 1030 g/mol. The molecule has 1 atom stereocenters. The van der Waals surface area contributed by atoms with E-state index in [2.05, 4.69) is 45.1 Å². The summed E-state index contributed by atoms with van der Waals surface area (Å²) < 4.78 is 17.0. The number of carbonyl (C=O) groups is 3. The molecule has 0 aromatic heterocycles. The molecule has 0 rings (SSSR count). The summed E-state index contributed by atoms with van der Waals surface area (Å²) in [5.74, 6) is -0.856. The molecule has 0 saturated heterocycles. The molecule has 6 nitrogen and oxygen atoms in total. The lowest BCUT2D eigenvalue weighted by molar-refractivity contribution is -0.167. The average Bonchev–Trinajstić information content (AvgIpc) is 3.39. The Labute approximate surface area is 455 Å². The van der Waals surface area contributed by atoms with Crippen LogP contribution >= 0.6 is 0 Å². The number of rotatable bonds is 61. The van der Waals surface area contributed by atoms with Gasteiger partial charge in [0, 0.05) is 19.3 Å². The molecule has 1 unspecified atom stereocenters. The monoisotopic (exact) mass is 1030 g/mol. The van der Waals surface area contributed by atoms with Crippen molar-refractivity contribution in [2.75, 3.05) is 13.2 Å². The Bertz CT molecular complexity index is 1180. The molecule has 0 amide bonds. The number of carbonyl (C=O) groups excluding carboxylic acids is 3. The van der Waals surface area contributed by atoms with Gasteiger partial charge in [0.2, 0.25) is 0 Å². The lowest BCUT2D eigenvalue weighted by Gasteiger charge is -2.18. The van der Waals surface area contributed by atoms with Crippen LogP contribution in [-0.4, -0.2) is 37.2 Å². The number of unbranched alkanes of at least 4 members (excludes halogenated alkanes) is 46. The van der Waals surface area contributed by atoms with E-state index in [9.17, 15) is 14.4 Å². The predicted molar refractivity (Wildman–Crippen MR) is 316 cm³/mol. The van der Waals surface area contributed by atoms with Crippen molar-refractivity contribution in [1.29, 1.82) is 0 Å². The van der Waals surface area contributed by atoms with Crippen LogP contribution in [-0.2, 0) is 28.6 Å². The zero-order valence-electron chi connectivity index (χ0n) is 49.4. The van der Waals surface area contributed by atoms with E-state index in [0.29, 0.717) is 19.3 Å². The van der Waals surface area contributed by atoms with Gasteiger partial charge in [-0.3, -0.25) is 14.4 Å². The highest BCUT2D eigenvalue weighted by molar-refractivity contribution is 5.71. The van der Waals surface area contributed by atoms with Gasteiger partial charge in [-0.1, -0.05) is 302 Å². The van der Waals surface area contributed by atoms with Crippen LogP contribution in [0.5, 0.6) is 0 Å². The topological polar surface area (TPSA) is 78.9 Å². The Balaban J connectivity index is 4.31. The fourth-order valence-electron chi connectivity index (χ4n) is 9.97. The highest BCUT2D eigenvalue weighted by Crippen LogP contribution is 2.18. The van der Waals surface area contributed by atoms with E-state index in [4.69, 9.17) is 14.2 Å². The molecule has 0 aliphatic heterocycles. The Kier molecular flexibility index (Phi) is 60.6. The van der Waals surface area contributed by atoms with E-state index in [0.717, 1.165) is 64.2 Å². The smallest absolute Gasteiger partial charge is 0.306 e. The normalized spacial score (nSPS) is 12.1. The van der Waals surface area contributed by atoms with Gasteiger partial charge in [-0.25, -0.2) is 0 Å². The van der Waals surface area contributed by atoms with Crippen LogP contribution in [0.3, 0.4) is 0 Å². The van der Waals surface area contributed by atoms with Crippen molar-refractivity contribution in [2.24, 2.45) is 0 Å². The molecule has 0 aromatic rings. The number of hydrogen-bond donors (Lipinski definition) is 0. The van der Waals surface area contributed by atoms with Crippen molar-refractivity contribution in [1.82, 2.24) is 0 Å². The molecule has 0 heterocycles.